The van der Waals surface area contributed by atoms with Gasteiger partial charge in [-0.25, -0.2) is 13.5 Å². The van der Waals surface area contributed by atoms with E-state index in [-0.39, 0.29) is 17.8 Å². The van der Waals surface area contributed by atoms with Crippen LogP contribution in [0.2, 0.25) is 0 Å². The van der Waals surface area contributed by atoms with Gasteiger partial charge < -0.3 is 10.2 Å². The van der Waals surface area contributed by atoms with E-state index in [0.717, 1.165) is 0 Å². The molecule has 9 heteroatoms. The second kappa shape index (κ2) is 5.55. The highest BCUT2D eigenvalue weighted by atomic mass is 19.3. The van der Waals surface area contributed by atoms with Gasteiger partial charge in [0.15, 0.2) is 0 Å². The maximum Gasteiger partial charge on any atom is 0.257 e. The number of halogens is 2. The van der Waals surface area contributed by atoms with Gasteiger partial charge in [-0.15, -0.1) is 0 Å². The molecule has 7 nitrogen and oxygen atoms in total. The normalized spacial score (nSPS) is 10.8. The maximum atomic E-state index is 12.4. The SMILES string of the molecule is CNc1nc(N(C)CC(F)F)nc(-n2cccn2)n1. The summed E-state index contributed by atoms with van der Waals surface area (Å²) >= 11 is 0. The fourth-order valence-electron chi connectivity index (χ4n) is 1.41. The minimum absolute atomic E-state index is 0.158. The number of hydrogen-bond donors (Lipinski definition) is 1. The molecular weight excluding hydrogens is 256 g/mol. The highest BCUT2D eigenvalue weighted by Gasteiger charge is 2.14. The Bertz CT molecular complexity index is 529. The molecule has 1 N–H and O–H groups in total. The first-order valence-corrected chi connectivity index (χ1v) is 5.53. The van der Waals surface area contributed by atoms with Crippen molar-refractivity contribution in [1.82, 2.24) is 24.7 Å². The van der Waals surface area contributed by atoms with Crippen molar-refractivity contribution in [3.05, 3.63) is 18.5 Å². The Balaban J connectivity index is 2.36. The van der Waals surface area contributed by atoms with E-state index in [4.69, 9.17) is 0 Å². The van der Waals surface area contributed by atoms with Gasteiger partial charge in [-0.1, -0.05) is 0 Å². The van der Waals surface area contributed by atoms with E-state index in [1.54, 1.807) is 25.5 Å². The summed E-state index contributed by atoms with van der Waals surface area (Å²) in [6.45, 7) is -0.453. The molecule has 102 valence electrons. The zero-order valence-corrected chi connectivity index (χ0v) is 10.5. The summed E-state index contributed by atoms with van der Waals surface area (Å²) in [6.07, 6.45) is 0.768. The number of rotatable bonds is 5. The molecule has 2 aromatic rings. The van der Waals surface area contributed by atoms with E-state index in [2.05, 4.69) is 25.4 Å². The summed E-state index contributed by atoms with van der Waals surface area (Å²) in [6, 6.07) is 1.71. The smallest absolute Gasteiger partial charge is 0.257 e. The molecule has 0 fully saturated rings. The minimum atomic E-state index is -2.46. The largest absolute Gasteiger partial charge is 0.357 e. The van der Waals surface area contributed by atoms with Crippen LogP contribution >= 0.6 is 0 Å². The van der Waals surface area contributed by atoms with Crippen LogP contribution in [0, 0.1) is 0 Å². The van der Waals surface area contributed by atoms with E-state index >= 15 is 0 Å². The van der Waals surface area contributed by atoms with Gasteiger partial charge in [0.25, 0.3) is 12.4 Å². The molecule has 0 amide bonds. The Morgan fingerprint density at radius 2 is 2.16 bits per heavy atom. The fourth-order valence-corrected chi connectivity index (χ4v) is 1.41. The van der Waals surface area contributed by atoms with Gasteiger partial charge in [-0.2, -0.15) is 20.1 Å². The molecule has 0 aliphatic rings. The number of anilines is 2. The molecule has 0 unspecified atom stereocenters. The second-order valence-corrected chi connectivity index (χ2v) is 3.73. The predicted molar refractivity (Wildman–Crippen MR) is 65.8 cm³/mol. The number of aromatic nitrogens is 5. The van der Waals surface area contributed by atoms with Crippen LogP contribution in [0.4, 0.5) is 20.7 Å². The minimum Gasteiger partial charge on any atom is -0.357 e. The second-order valence-electron chi connectivity index (χ2n) is 3.73. The van der Waals surface area contributed by atoms with Crippen molar-refractivity contribution in [1.29, 1.82) is 0 Å². The molecule has 19 heavy (non-hydrogen) atoms. The van der Waals surface area contributed by atoms with Crippen molar-refractivity contribution < 1.29 is 8.78 Å². The lowest BCUT2D eigenvalue weighted by Crippen LogP contribution is -2.27. The summed E-state index contributed by atoms with van der Waals surface area (Å²) in [4.78, 5) is 13.5. The molecule has 0 bridgehead atoms. The predicted octanol–water partition coefficient (Wildman–Crippen LogP) is 0.800. The van der Waals surface area contributed by atoms with Crippen LogP contribution in [0.25, 0.3) is 5.95 Å². The lowest BCUT2D eigenvalue weighted by Gasteiger charge is -2.17. The molecule has 0 aliphatic heterocycles. The third-order valence-electron chi connectivity index (χ3n) is 2.30. The Kier molecular flexibility index (Phi) is 3.83. The Hall–Kier alpha value is -2.32. The summed E-state index contributed by atoms with van der Waals surface area (Å²) in [5.41, 5.74) is 0. The quantitative estimate of drug-likeness (QED) is 0.865. The van der Waals surface area contributed by atoms with E-state index in [1.165, 1.54) is 16.6 Å². The first-order chi connectivity index (χ1) is 9.10. The molecule has 0 aliphatic carbocycles. The third-order valence-corrected chi connectivity index (χ3v) is 2.30. The molecule has 2 aromatic heterocycles. The van der Waals surface area contributed by atoms with Crippen molar-refractivity contribution in [2.75, 3.05) is 30.9 Å². The lowest BCUT2D eigenvalue weighted by molar-refractivity contribution is 0.156. The van der Waals surface area contributed by atoms with E-state index in [0.29, 0.717) is 0 Å². The average Bonchev–Trinajstić information content (AvgIpc) is 2.91. The average molecular weight is 269 g/mol. The molecule has 0 atom stereocenters. The van der Waals surface area contributed by atoms with Crippen molar-refractivity contribution in [2.45, 2.75) is 6.43 Å². The summed E-state index contributed by atoms with van der Waals surface area (Å²) in [5, 5.41) is 6.75. The standard InChI is InChI=1S/C10H13F2N7/c1-13-8-15-9(18(2)6-7(11)12)17-10(16-8)19-5-3-4-14-19/h3-5,7H,6H2,1-2H3,(H,13,15,16,17). The molecule has 2 heterocycles. The van der Waals surface area contributed by atoms with Crippen LogP contribution in [-0.2, 0) is 0 Å². The molecule has 2 rings (SSSR count). The van der Waals surface area contributed by atoms with Crippen LogP contribution < -0.4 is 10.2 Å². The Labute approximate surface area is 108 Å². The third kappa shape index (κ3) is 3.12. The van der Waals surface area contributed by atoms with Gasteiger partial charge in [-0.05, 0) is 6.07 Å². The molecular formula is C10H13F2N7. The van der Waals surface area contributed by atoms with Gasteiger partial charge in [0.2, 0.25) is 11.9 Å². The number of nitrogens with zero attached hydrogens (tertiary/aromatic N) is 6. The first kappa shape index (κ1) is 13.1. The molecule has 0 spiro atoms. The first-order valence-electron chi connectivity index (χ1n) is 5.53. The van der Waals surface area contributed by atoms with Crippen LogP contribution in [0.3, 0.4) is 0 Å². The molecule has 0 radical (unpaired) electrons. The van der Waals surface area contributed by atoms with E-state index in [9.17, 15) is 8.78 Å². The molecule has 0 saturated carbocycles. The van der Waals surface area contributed by atoms with Gasteiger partial charge in [0, 0.05) is 26.5 Å². The number of nitrogens with one attached hydrogen (secondary N) is 1. The van der Waals surface area contributed by atoms with Crippen molar-refractivity contribution in [2.24, 2.45) is 0 Å². The fraction of sp³-hybridized carbons (Fsp3) is 0.400. The highest BCUT2D eigenvalue weighted by molar-refractivity contribution is 5.39. The number of hydrogen-bond acceptors (Lipinski definition) is 6. The van der Waals surface area contributed by atoms with E-state index < -0.39 is 13.0 Å². The Morgan fingerprint density at radius 1 is 1.37 bits per heavy atom. The highest BCUT2D eigenvalue weighted by Crippen LogP contribution is 2.12. The number of alkyl halides is 2. The van der Waals surface area contributed by atoms with E-state index in [1.807, 2.05) is 0 Å². The topological polar surface area (TPSA) is 71.8 Å². The van der Waals surface area contributed by atoms with Crippen molar-refractivity contribution in [3.63, 3.8) is 0 Å². The molecule has 0 aromatic carbocycles. The maximum absolute atomic E-state index is 12.4. The van der Waals surface area contributed by atoms with Gasteiger partial charge >= 0.3 is 0 Å². The van der Waals surface area contributed by atoms with Crippen LogP contribution in [0.1, 0.15) is 0 Å². The molecule has 0 saturated heterocycles. The zero-order chi connectivity index (χ0) is 13.8. The van der Waals surface area contributed by atoms with Crippen molar-refractivity contribution >= 4 is 11.9 Å². The van der Waals surface area contributed by atoms with Gasteiger partial charge in [0.05, 0.1) is 6.54 Å². The van der Waals surface area contributed by atoms with Crippen LogP contribution in [0.5, 0.6) is 0 Å². The summed E-state index contributed by atoms with van der Waals surface area (Å²) in [7, 11) is 3.13. The van der Waals surface area contributed by atoms with Crippen LogP contribution in [-0.4, -0.2) is 51.8 Å². The monoisotopic (exact) mass is 269 g/mol. The zero-order valence-electron chi connectivity index (χ0n) is 10.5. The Morgan fingerprint density at radius 3 is 2.74 bits per heavy atom. The van der Waals surface area contributed by atoms with Gasteiger partial charge in [0.1, 0.15) is 0 Å². The van der Waals surface area contributed by atoms with Crippen molar-refractivity contribution in [3.8, 4) is 5.95 Å². The lowest BCUT2D eigenvalue weighted by atomic mass is 10.6. The van der Waals surface area contributed by atoms with Gasteiger partial charge in [-0.3, -0.25) is 0 Å². The summed E-state index contributed by atoms with van der Waals surface area (Å²) in [5.74, 6) is 0.710. The summed E-state index contributed by atoms with van der Waals surface area (Å²) < 4.78 is 26.2. The van der Waals surface area contributed by atoms with Crippen LogP contribution in [0.15, 0.2) is 18.5 Å².